The van der Waals surface area contributed by atoms with Crippen LogP contribution in [0.1, 0.15) is 51.7 Å². The molecule has 0 saturated heterocycles. The van der Waals surface area contributed by atoms with Gasteiger partial charge in [0.05, 0.1) is 4.92 Å². The second-order valence-electron chi connectivity index (χ2n) is 5.59. The first-order chi connectivity index (χ1) is 7.64. The SMILES string of the molecule is CC(C)c1cc([N+](=O)[O-])cc(C(C)(C)C)c1O. The number of aromatic hydroxyl groups is 1. The first-order valence-corrected chi connectivity index (χ1v) is 5.66. The van der Waals surface area contributed by atoms with Crippen molar-refractivity contribution in [2.75, 3.05) is 0 Å². The molecule has 0 amide bonds. The van der Waals surface area contributed by atoms with Crippen LogP contribution in [0.15, 0.2) is 12.1 Å². The zero-order chi connectivity index (χ0) is 13.4. The molecule has 0 heterocycles. The Morgan fingerprint density at radius 3 is 2.18 bits per heavy atom. The molecular weight excluding hydrogens is 218 g/mol. The van der Waals surface area contributed by atoms with Crippen LogP contribution < -0.4 is 0 Å². The first-order valence-electron chi connectivity index (χ1n) is 5.66. The maximum atomic E-state index is 10.9. The van der Waals surface area contributed by atoms with Gasteiger partial charge in [-0.2, -0.15) is 0 Å². The smallest absolute Gasteiger partial charge is 0.270 e. The van der Waals surface area contributed by atoms with E-state index in [1.54, 1.807) is 0 Å². The quantitative estimate of drug-likeness (QED) is 0.629. The zero-order valence-corrected chi connectivity index (χ0v) is 10.9. The monoisotopic (exact) mass is 237 g/mol. The van der Waals surface area contributed by atoms with E-state index in [-0.39, 0.29) is 22.8 Å². The third kappa shape index (κ3) is 2.75. The number of benzene rings is 1. The second kappa shape index (κ2) is 4.35. The Balaban J connectivity index is 3.55. The summed E-state index contributed by atoms with van der Waals surface area (Å²) in [6.45, 7) is 9.60. The van der Waals surface area contributed by atoms with E-state index < -0.39 is 4.92 Å². The van der Waals surface area contributed by atoms with Crippen LogP contribution in [0.25, 0.3) is 0 Å². The molecule has 0 fully saturated rings. The van der Waals surface area contributed by atoms with Crippen molar-refractivity contribution in [3.63, 3.8) is 0 Å². The van der Waals surface area contributed by atoms with Crippen LogP contribution in [-0.2, 0) is 5.41 Å². The summed E-state index contributed by atoms with van der Waals surface area (Å²) in [5.41, 5.74) is 0.968. The molecule has 4 nitrogen and oxygen atoms in total. The summed E-state index contributed by atoms with van der Waals surface area (Å²) in [5, 5.41) is 21.1. The zero-order valence-electron chi connectivity index (χ0n) is 10.9. The van der Waals surface area contributed by atoms with Gasteiger partial charge in [0, 0.05) is 23.3 Å². The van der Waals surface area contributed by atoms with Gasteiger partial charge in [-0.3, -0.25) is 10.1 Å². The van der Waals surface area contributed by atoms with Crippen molar-refractivity contribution in [3.05, 3.63) is 33.4 Å². The predicted octanol–water partition coefficient (Wildman–Crippen LogP) is 3.72. The van der Waals surface area contributed by atoms with Crippen molar-refractivity contribution in [1.82, 2.24) is 0 Å². The van der Waals surface area contributed by atoms with Gasteiger partial charge in [0.25, 0.3) is 5.69 Å². The molecule has 0 unspecified atom stereocenters. The lowest BCUT2D eigenvalue weighted by Crippen LogP contribution is -2.13. The highest BCUT2D eigenvalue weighted by Gasteiger charge is 2.25. The van der Waals surface area contributed by atoms with E-state index in [0.29, 0.717) is 11.1 Å². The predicted molar refractivity (Wildman–Crippen MR) is 67.6 cm³/mol. The molecule has 0 aliphatic rings. The lowest BCUT2D eigenvalue weighted by Gasteiger charge is -2.22. The van der Waals surface area contributed by atoms with Crippen LogP contribution >= 0.6 is 0 Å². The Kier molecular flexibility index (Phi) is 3.45. The minimum Gasteiger partial charge on any atom is -0.507 e. The number of hydrogen-bond acceptors (Lipinski definition) is 3. The van der Waals surface area contributed by atoms with Gasteiger partial charge in [0.15, 0.2) is 0 Å². The maximum absolute atomic E-state index is 10.9. The first kappa shape index (κ1) is 13.5. The van der Waals surface area contributed by atoms with Crippen LogP contribution in [0.4, 0.5) is 5.69 Å². The Morgan fingerprint density at radius 2 is 1.82 bits per heavy atom. The van der Waals surface area contributed by atoms with E-state index in [1.807, 2.05) is 34.6 Å². The molecule has 0 atom stereocenters. The molecule has 1 N–H and O–H groups in total. The van der Waals surface area contributed by atoms with Crippen LogP contribution in [0.3, 0.4) is 0 Å². The molecule has 0 aliphatic carbocycles. The summed E-state index contributed by atoms with van der Waals surface area (Å²) < 4.78 is 0. The molecule has 17 heavy (non-hydrogen) atoms. The van der Waals surface area contributed by atoms with Crippen LogP contribution in [-0.4, -0.2) is 10.0 Å². The largest absolute Gasteiger partial charge is 0.507 e. The van der Waals surface area contributed by atoms with Crippen molar-refractivity contribution >= 4 is 5.69 Å². The molecule has 0 saturated carbocycles. The van der Waals surface area contributed by atoms with Crippen molar-refractivity contribution < 1.29 is 10.0 Å². The molecule has 94 valence electrons. The minimum absolute atomic E-state index is 0.0384. The molecule has 0 spiro atoms. The van der Waals surface area contributed by atoms with Gasteiger partial charge < -0.3 is 5.11 Å². The Bertz CT molecular complexity index is 445. The molecule has 1 aromatic rings. The van der Waals surface area contributed by atoms with Crippen molar-refractivity contribution in [2.24, 2.45) is 0 Å². The number of non-ortho nitro benzene ring substituents is 1. The fourth-order valence-electron chi connectivity index (χ4n) is 1.76. The summed E-state index contributed by atoms with van der Waals surface area (Å²) in [4.78, 5) is 10.5. The lowest BCUT2D eigenvalue weighted by molar-refractivity contribution is -0.385. The molecule has 1 aromatic carbocycles. The number of rotatable bonds is 2. The highest BCUT2D eigenvalue weighted by atomic mass is 16.6. The van der Waals surface area contributed by atoms with Gasteiger partial charge in [0.1, 0.15) is 5.75 Å². The van der Waals surface area contributed by atoms with Gasteiger partial charge in [-0.1, -0.05) is 34.6 Å². The maximum Gasteiger partial charge on any atom is 0.270 e. The topological polar surface area (TPSA) is 63.4 Å². The molecule has 0 radical (unpaired) electrons. The highest BCUT2D eigenvalue weighted by Crippen LogP contribution is 2.39. The Hall–Kier alpha value is -1.58. The summed E-state index contributed by atoms with van der Waals surface area (Å²) in [6.07, 6.45) is 0. The normalized spacial score (nSPS) is 11.9. The number of nitro groups is 1. The number of phenols is 1. The van der Waals surface area contributed by atoms with E-state index in [0.717, 1.165) is 0 Å². The van der Waals surface area contributed by atoms with E-state index in [9.17, 15) is 15.2 Å². The van der Waals surface area contributed by atoms with Crippen LogP contribution in [0.5, 0.6) is 5.75 Å². The van der Waals surface area contributed by atoms with Gasteiger partial charge in [0.2, 0.25) is 0 Å². The number of nitro benzene ring substituents is 1. The molecule has 0 aromatic heterocycles. The summed E-state index contributed by atoms with van der Waals surface area (Å²) in [5.74, 6) is 0.231. The summed E-state index contributed by atoms with van der Waals surface area (Å²) in [6, 6.07) is 2.91. The van der Waals surface area contributed by atoms with Crippen LogP contribution in [0.2, 0.25) is 0 Å². The standard InChI is InChI=1S/C13H19NO3/c1-8(2)10-6-9(14(16)17)7-11(12(10)15)13(3,4)5/h6-8,15H,1-5H3. The second-order valence-corrected chi connectivity index (χ2v) is 5.59. The van der Waals surface area contributed by atoms with Crippen molar-refractivity contribution in [3.8, 4) is 5.75 Å². The fraction of sp³-hybridized carbons (Fsp3) is 0.538. The number of hydrogen-bond donors (Lipinski definition) is 1. The summed E-state index contributed by atoms with van der Waals surface area (Å²) >= 11 is 0. The van der Waals surface area contributed by atoms with E-state index in [2.05, 4.69) is 0 Å². The number of nitrogens with zero attached hydrogens (tertiary/aromatic N) is 1. The third-order valence-electron chi connectivity index (χ3n) is 2.77. The molecular formula is C13H19NO3. The highest BCUT2D eigenvalue weighted by molar-refractivity contribution is 5.53. The van der Waals surface area contributed by atoms with Crippen molar-refractivity contribution in [1.29, 1.82) is 0 Å². The van der Waals surface area contributed by atoms with Crippen LogP contribution in [0, 0.1) is 10.1 Å². The van der Waals surface area contributed by atoms with E-state index in [4.69, 9.17) is 0 Å². The fourth-order valence-corrected chi connectivity index (χ4v) is 1.76. The van der Waals surface area contributed by atoms with E-state index >= 15 is 0 Å². The van der Waals surface area contributed by atoms with Gasteiger partial charge >= 0.3 is 0 Å². The molecule has 4 heteroatoms. The lowest BCUT2D eigenvalue weighted by atomic mass is 9.83. The molecule has 0 bridgehead atoms. The van der Waals surface area contributed by atoms with Gasteiger partial charge in [-0.25, -0.2) is 0 Å². The van der Waals surface area contributed by atoms with Crippen molar-refractivity contribution in [2.45, 2.75) is 46.0 Å². The Morgan fingerprint density at radius 1 is 1.29 bits per heavy atom. The number of phenolic OH excluding ortho intramolecular Hbond substituents is 1. The average Bonchev–Trinajstić information content (AvgIpc) is 2.15. The molecule has 1 rings (SSSR count). The third-order valence-corrected chi connectivity index (χ3v) is 2.77. The van der Waals surface area contributed by atoms with Gasteiger partial charge in [-0.05, 0) is 11.3 Å². The average molecular weight is 237 g/mol. The summed E-state index contributed by atoms with van der Waals surface area (Å²) in [7, 11) is 0. The van der Waals surface area contributed by atoms with Gasteiger partial charge in [-0.15, -0.1) is 0 Å². The Labute approximate surface area is 101 Å². The minimum atomic E-state index is -0.416. The molecule has 0 aliphatic heterocycles. The van der Waals surface area contributed by atoms with E-state index in [1.165, 1.54) is 12.1 Å².